The van der Waals surface area contributed by atoms with Crippen molar-refractivity contribution >= 4 is 34.2 Å². The zero-order chi connectivity index (χ0) is 14.2. The number of β-amino-alcohol motifs (C(OH)–C–C–N with tert-alkyl or cyclic N) is 1. The Balaban J connectivity index is 2.29. The van der Waals surface area contributed by atoms with Crippen LogP contribution in [0.25, 0.3) is 0 Å². The highest BCUT2D eigenvalue weighted by atomic mass is 127. The number of rotatable bonds is 2. The molecule has 1 aliphatic rings. The molecule has 6 nitrogen and oxygen atoms in total. The molecular weight excluding hydrogens is 363 g/mol. The molecule has 1 amide bonds. The second-order valence-electron chi connectivity index (χ2n) is 4.89. The number of carbonyl (C=O) groups excluding carboxylic acids is 1. The van der Waals surface area contributed by atoms with Gasteiger partial charge < -0.3 is 10.0 Å². The number of benzene rings is 1. The first-order valence-electron chi connectivity index (χ1n) is 5.76. The van der Waals surface area contributed by atoms with Crippen LogP contribution in [-0.4, -0.2) is 39.5 Å². The first-order valence-corrected chi connectivity index (χ1v) is 6.84. The summed E-state index contributed by atoms with van der Waals surface area (Å²) in [5, 5.41) is 20.6. The van der Waals surface area contributed by atoms with Crippen LogP contribution in [0, 0.1) is 13.7 Å². The maximum atomic E-state index is 12.3. The van der Waals surface area contributed by atoms with Gasteiger partial charge in [-0.05, 0) is 42.0 Å². The third kappa shape index (κ3) is 3.03. The van der Waals surface area contributed by atoms with Crippen molar-refractivity contribution in [2.45, 2.75) is 18.9 Å². The molecule has 1 atom stereocenters. The van der Waals surface area contributed by atoms with Crippen LogP contribution in [0.15, 0.2) is 18.2 Å². The molecule has 102 valence electrons. The van der Waals surface area contributed by atoms with Crippen LogP contribution in [0.3, 0.4) is 0 Å². The highest BCUT2D eigenvalue weighted by molar-refractivity contribution is 14.1. The number of non-ortho nitro benzene ring substituents is 1. The van der Waals surface area contributed by atoms with Gasteiger partial charge in [0.1, 0.15) is 0 Å². The Hall–Kier alpha value is -1.22. The number of likely N-dealkylation sites (tertiary alicyclic amines) is 1. The van der Waals surface area contributed by atoms with Gasteiger partial charge in [-0.25, -0.2) is 0 Å². The van der Waals surface area contributed by atoms with Crippen molar-refractivity contribution in [1.29, 1.82) is 0 Å². The molecule has 1 saturated heterocycles. The Labute approximate surface area is 123 Å². The van der Waals surface area contributed by atoms with Crippen molar-refractivity contribution < 1.29 is 14.8 Å². The van der Waals surface area contributed by atoms with Crippen LogP contribution in [0.5, 0.6) is 0 Å². The molecule has 19 heavy (non-hydrogen) atoms. The van der Waals surface area contributed by atoms with Crippen molar-refractivity contribution in [3.63, 3.8) is 0 Å². The molecule has 1 unspecified atom stereocenters. The van der Waals surface area contributed by atoms with E-state index in [1.807, 2.05) is 22.6 Å². The van der Waals surface area contributed by atoms with Crippen LogP contribution < -0.4 is 0 Å². The molecule has 1 aliphatic heterocycles. The molecule has 0 saturated carbocycles. The van der Waals surface area contributed by atoms with Crippen LogP contribution in [0.4, 0.5) is 5.69 Å². The van der Waals surface area contributed by atoms with Crippen LogP contribution >= 0.6 is 22.6 Å². The van der Waals surface area contributed by atoms with Gasteiger partial charge in [0.05, 0.1) is 16.1 Å². The molecule has 1 N–H and O–H groups in total. The Morgan fingerprint density at radius 2 is 2.26 bits per heavy atom. The zero-order valence-corrected chi connectivity index (χ0v) is 12.5. The monoisotopic (exact) mass is 376 g/mol. The Bertz CT molecular complexity index is 545. The van der Waals surface area contributed by atoms with Gasteiger partial charge in [0.2, 0.25) is 0 Å². The van der Waals surface area contributed by atoms with Crippen LogP contribution in [-0.2, 0) is 0 Å². The standard InChI is InChI=1S/C12H13IN2O4/c1-12(17)4-5-14(7-12)11(16)9-6-8(15(18)19)2-3-10(9)13/h2-3,6,17H,4-5,7H2,1H3. The lowest BCUT2D eigenvalue weighted by Crippen LogP contribution is -2.34. The van der Waals surface area contributed by atoms with Gasteiger partial charge in [-0.1, -0.05) is 0 Å². The third-order valence-corrected chi connectivity index (χ3v) is 4.07. The number of nitrogens with zero attached hydrogens (tertiary/aromatic N) is 2. The largest absolute Gasteiger partial charge is 0.388 e. The first kappa shape index (κ1) is 14.2. The summed E-state index contributed by atoms with van der Waals surface area (Å²) in [5.41, 5.74) is -0.663. The van der Waals surface area contributed by atoms with E-state index >= 15 is 0 Å². The summed E-state index contributed by atoms with van der Waals surface area (Å²) in [4.78, 5) is 24.1. The average molecular weight is 376 g/mol. The van der Waals surface area contributed by atoms with Crippen molar-refractivity contribution in [2.24, 2.45) is 0 Å². The quantitative estimate of drug-likeness (QED) is 0.485. The van der Waals surface area contributed by atoms with Gasteiger partial charge >= 0.3 is 0 Å². The minimum Gasteiger partial charge on any atom is -0.388 e. The fourth-order valence-corrected chi connectivity index (χ4v) is 2.65. The Morgan fingerprint density at radius 3 is 2.79 bits per heavy atom. The lowest BCUT2D eigenvalue weighted by molar-refractivity contribution is -0.384. The van der Waals surface area contributed by atoms with E-state index in [-0.39, 0.29) is 18.1 Å². The lowest BCUT2D eigenvalue weighted by atomic mass is 10.1. The second-order valence-corrected chi connectivity index (χ2v) is 6.06. The number of aliphatic hydroxyl groups is 1. The minimum absolute atomic E-state index is 0.102. The zero-order valence-electron chi connectivity index (χ0n) is 10.3. The fourth-order valence-electron chi connectivity index (χ4n) is 2.08. The molecule has 1 aromatic rings. The van der Waals surface area contributed by atoms with E-state index in [9.17, 15) is 20.0 Å². The van der Waals surface area contributed by atoms with Crippen LogP contribution in [0.1, 0.15) is 23.7 Å². The second kappa shape index (κ2) is 5.04. The summed E-state index contributed by atoms with van der Waals surface area (Å²) in [6.07, 6.45) is 0.518. The number of nitro groups is 1. The van der Waals surface area contributed by atoms with Crippen molar-refractivity contribution in [1.82, 2.24) is 4.90 Å². The molecule has 0 bridgehead atoms. The number of halogens is 1. The summed E-state index contributed by atoms with van der Waals surface area (Å²) < 4.78 is 0.666. The van der Waals surface area contributed by atoms with Crippen LogP contribution in [0.2, 0.25) is 0 Å². The smallest absolute Gasteiger partial charge is 0.270 e. The fraction of sp³-hybridized carbons (Fsp3) is 0.417. The normalized spacial score (nSPS) is 22.6. The summed E-state index contributed by atoms with van der Waals surface area (Å²) in [6.45, 7) is 2.40. The molecular formula is C12H13IN2O4. The topological polar surface area (TPSA) is 83.7 Å². The third-order valence-electron chi connectivity index (χ3n) is 3.13. The molecule has 0 aliphatic carbocycles. The molecule has 2 rings (SSSR count). The first-order chi connectivity index (χ1) is 8.80. The van der Waals surface area contributed by atoms with Gasteiger partial charge in [0.15, 0.2) is 0 Å². The molecule has 0 aromatic heterocycles. The van der Waals surface area contributed by atoms with E-state index in [4.69, 9.17) is 0 Å². The SMILES string of the molecule is CC1(O)CCN(C(=O)c2cc([N+](=O)[O-])ccc2I)C1. The maximum absolute atomic E-state index is 12.3. The van der Waals surface area contributed by atoms with Gasteiger partial charge in [0, 0.05) is 28.8 Å². The van der Waals surface area contributed by atoms with Gasteiger partial charge in [-0.2, -0.15) is 0 Å². The van der Waals surface area contributed by atoms with E-state index in [0.717, 1.165) is 0 Å². The molecule has 0 radical (unpaired) electrons. The predicted molar refractivity (Wildman–Crippen MR) is 77.0 cm³/mol. The Morgan fingerprint density at radius 1 is 1.58 bits per heavy atom. The van der Waals surface area contributed by atoms with Crippen molar-refractivity contribution in [3.8, 4) is 0 Å². The van der Waals surface area contributed by atoms with Gasteiger partial charge in [-0.3, -0.25) is 14.9 Å². The summed E-state index contributed by atoms with van der Waals surface area (Å²) in [7, 11) is 0. The van der Waals surface area contributed by atoms with E-state index in [2.05, 4.69) is 0 Å². The molecule has 1 fully saturated rings. The minimum atomic E-state index is -0.873. The maximum Gasteiger partial charge on any atom is 0.270 e. The van der Waals surface area contributed by atoms with E-state index in [1.54, 1.807) is 13.0 Å². The summed E-state index contributed by atoms with van der Waals surface area (Å²) >= 11 is 1.98. The lowest BCUT2D eigenvalue weighted by Gasteiger charge is -2.19. The highest BCUT2D eigenvalue weighted by Crippen LogP contribution is 2.25. The number of hydrogen-bond acceptors (Lipinski definition) is 4. The van der Waals surface area contributed by atoms with E-state index in [1.165, 1.54) is 17.0 Å². The van der Waals surface area contributed by atoms with E-state index < -0.39 is 10.5 Å². The number of hydrogen-bond donors (Lipinski definition) is 1. The van der Waals surface area contributed by atoms with Gasteiger partial charge in [0.25, 0.3) is 11.6 Å². The average Bonchev–Trinajstić information content (AvgIpc) is 2.69. The number of amides is 1. The molecule has 1 aromatic carbocycles. The van der Waals surface area contributed by atoms with Crippen molar-refractivity contribution in [3.05, 3.63) is 37.4 Å². The molecule has 1 heterocycles. The summed E-state index contributed by atoms with van der Waals surface area (Å²) in [6, 6.07) is 4.22. The highest BCUT2D eigenvalue weighted by Gasteiger charge is 2.35. The van der Waals surface area contributed by atoms with E-state index in [0.29, 0.717) is 22.1 Å². The molecule has 0 spiro atoms. The summed E-state index contributed by atoms with van der Waals surface area (Å²) in [5.74, 6) is -0.272. The van der Waals surface area contributed by atoms with Crippen molar-refractivity contribution in [2.75, 3.05) is 13.1 Å². The number of nitro benzene ring substituents is 1. The van der Waals surface area contributed by atoms with Gasteiger partial charge in [-0.15, -0.1) is 0 Å². The predicted octanol–water partition coefficient (Wildman–Crippen LogP) is 1.80. The Kier molecular flexibility index (Phi) is 3.77. The number of carbonyl (C=O) groups is 1. The molecule has 7 heteroatoms.